The summed E-state index contributed by atoms with van der Waals surface area (Å²) in [6.45, 7) is 0. The summed E-state index contributed by atoms with van der Waals surface area (Å²) in [5, 5.41) is 15.8. The number of carbonyl (C=O) groups is 1. The van der Waals surface area contributed by atoms with Crippen LogP contribution in [0.2, 0.25) is 0 Å². The number of anilines is 2. The lowest BCUT2D eigenvalue weighted by atomic mass is 10.2. The highest BCUT2D eigenvalue weighted by molar-refractivity contribution is 6.00. The second kappa shape index (κ2) is 7.12. The fourth-order valence-corrected chi connectivity index (χ4v) is 1.90. The molecule has 0 spiro atoms. The van der Waals surface area contributed by atoms with Crippen LogP contribution in [0.5, 0.6) is 11.5 Å². The molecule has 0 bridgehead atoms. The van der Waals surface area contributed by atoms with Crippen LogP contribution in [0.15, 0.2) is 42.5 Å². The van der Waals surface area contributed by atoms with Gasteiger partial charge in [-0.2, -0.15) is 0 Å². The zero-order valence-electron chi connectivity index (χ0n) is 12.5. The summed E-state index contributed by atoms with van der Waals surface area (Å²) in [7, 11) is 3.00. The summed E-state index contributed by atoms with van der Waals surface area (Å²) in [5.74, 6) is 1.01. The van der Waals surface area contributed by atoms with Crippen molar-refractivity contribution in [1.29, 1.82) is 0 Å². The zero-order valence-corrected chi connectivity index (χ0v) is 12.5. The lowest BCUT2D eigenvalue weighted by Gasteiger charge is -2.11. The van der Waals surface area contributed by atoms with Crippen LogP contribution in [0.1, 0.15) is 0 Å². The Balaban J connectivity index is 2.08. The Bertz CT molecular complexity index is 733. The Morgan fingerprint density at radius 2 is 1.65 bits per heavy atom. The van der Waals surface area contributed by atoms with Crippen LogP contribution in [0, 0.1) is 10.1 Å². The van der Waals surface area contributed by atoms with Gasteiger partial charge in [-0.3, -0.25) is 10.1 Å². The number of nitro benzene ring substituents is 1. The molecule has 2 aromatic rings. The predicted octanol–water partition coefficient (Wildman–Crippen LogP) is 3.26. The Kier molecular flexibility index (Phi) is 4.98. The molecule has 0 atom stereocenters. The van der Waals surface area contributed by atoms with Crippen molar-refractivity contribution in [3.05, 3.63) is 52.6 Å². The molecule has 120 valence electrons. The van der Waals surface area contributed by atoms with Crippen LogP contribution in [0.3, 0.4) is 0 Å². The summed E-state index contributed by atoms with van der Waals surface area (Å²) in [6.07, 6.45) is 0. The maximum absolute atomic E-state index is 12.0. The molecule has 23 heavy (non-hydrogen) atoms. The van der Waals surface area contributed by atoms with E-state index in [1.54, 1.807) is 24.3 Å². The Morgan fingerprint density at radius 3 is 2.26 bits per heavy atom. The van der Waals surface area contributed by atoms with E-state index in [0.717, 1.165) is 0 Å². The number of nitrogens with zero attached hydrogens (tertiary/aromatic N) is 1. The normalized spacial score (nSPS) is 9.83. The first-order valence-electron chi connectivity index (χ1n) is 6.58. The molecule has 0 aliphatic rings. The van der Waals surface area contributed by atoms with Crippen LogP contribution in [-0.4, -0.2) is 25.2 Å². The predicted molar refractivity (Wildman–Crippen MR) is 85.3 cm³/mol. The number of methoxy groups -OCH3 is 2. The van der Waals surface area contributed by atoms with Gasteiger partial charge < -0.3 is 20.1 Å². The zero-order chi connectivity index (χ0) is 16.8. The highest BCUT2D eigenvalue weighted by Crippen LogP contribution is 2.29. The van der Waals surface area contributed by atoms with Crippen molar-refractivity contribution in [1.82, 2.24) is 0 Å². The number of ether oxygens (including phenoxy) is 2. The Morgan fingerprint density at radius 1 is 1.00 bits per heavy atom. The number of hydrogen-bond acceptors (Lipinski definition) is 5. The molecule has 2 amide bonds. The summed E-state index contributed by atoms with van der Waals surface area (Å²) < 4.78 is 10.3. The topological polar surface area (TPSA) is 103 Å². The number of carbonyl (C=O) groups excluding carboxylic acids is 1. The van der Waals surface area contributed by atoms with Gasteiger partial charge in [0.25, 0.3) is 5.69 Å². The molecule has 0 fully saturated rings. The standard InChI is InChI=1S/C15H15N3O5/c1-22-13-7-6-11(9-14(13)23-2)17-15(19)16-10-4-3-5-12(8-10)18(20)21/h3-9H,1-2H3,(H2,16,17,19). The summed E-state index contributed by atoms with van der Waals surface area (Å²) in [5.41, 5.74) is 0.705. The van der Waals surface area contributed by atoms with Gasteiger partial charge in [0.2, 0.25) is 0 Å². The first-order chi connectivity index (χ1) is 11.0. The van der Waals surface area contributed by atoms with Crippen molar-refractivity contribution in [2.75, 3.05) is 24.9 Å². The number of rotatable bonds is 5. The molecule has 0 unspecified atom stereocenters. The number of amides is 2. The molecule has 8 nitrogen and oxygen atoms in total. The number of hydrogen-bond donors (Lipinski definition) is 2. The third-order valence-electron chi connectivity index (χ3n) is 2.96. The lowest BCUT2D eigenvalue weighted by molar-refractivity contribution is -0.384. The van der Waals surface area contributed by atoms with Crippen LogP contribution in [0.25, 0.3) is 0 Å². The summed E-state index contributed by atoms with van der Waals surface area (Å²) in [6, 6.07) is 10.0. The number of urea groups is 1. The molecule has 0 aliphatic carbocycles. The molecular weight excluding hydrogens is 302 g/mol. The second-order valence-electron chi connectivity index (χ2n) is 4.46. The van der Waals surface area contributed by atoms with E-state index in [9.17, 15) is 14.9 Å². The van der Waals surface area contributed by atoms with Crippen LogP contribution >= 0.6 is 0 Å². The van der Waals surface area contributed by atoms with Crippen molar-refractivity contribution in [2.24, 2.45) is 0 Å². The molecule has 8 heteroatoms. The monoisotopic (exact) mass is 317 g/mol. The van der Waals surface area contributed by atoms with Crippen molar-refractivity contribution < 1.29 is 19.2 Å². The van der Waals surface area contributed by atoms with Crippen molar-refractivity contribution in [3.63, 3.8) is 0 Å². The average molecular weight is 317 g/mol. The van der Waals surface area contributed by atoms with Gasteiger partial charge in [0.1, 0.15) is 0 Å². The molecule has 0 saturated carbocycles. The van der Waals surface area contributed by atoms with Crippen LogP contribution in [-0.2, 0) is 0 Å². The highest BCUT2D eigenvalue weighted by atomic mass is 16.6. The van der Waals surface area contributed by atoms with Gasteiger partial charge in [0.05, 0.1) is 19.1 Å². The van der Waals surface area contributed by atoms with Crippen molar-refractivity contribution in [2.45, 2.75) is 0 Å². The Labute approximate surface area is 132 Å². The number of nitrogens with one attached hydrogen (secondary N) is 2. The minimum atomic E-state index is -0.530. The van der Waals surface area contributed by atoms with E-state index in [2.05, 4.69) is 10.6 Å². The third kappa shape index (κ3) is 4.10. The average Bonchev–Trinajstić information content (AvgIpc) is 2.54. The molecule has 0 aliphatic heterocycles. The fraction of sp³-hybridized carbons (Fsp3) is 0.133. The van der Waals surface area contributed by atoms with E-state index >= 15 is 0 Å². The summed E-state index contributed by atoms with van der Waals surface area (Å²) in [4.78, 5) is 22.1. The van der Waals surface area contributed by atoms with E-state index in [0.29, 0.717) is 22.9 Å². The van der Waals surface area contributed by atoms with Gasteiger partial charge in [0, 0.05) is 29.6 Å². The maximum Gasteiger partial charge on any atom is 0.323 e. The molecule has 2 aromatic carbocycles. The molecule has 0 radical (unpaired) electrons. The largest absolute Gasteiger partial charge is 0.493 e. The van der Waals surface area contributed by atoms with E-state index in [1.165, 1.54) is 32.4 Å². The SMILES string of the molecule is COc1ccc(NC(=O)Nc2cccc([N+](=O)[O-])c2)cc1OC. The van der Waals surface area contributed by atoms with E-state index in [1.807, 2.05) is 0 Å². The smallest absolute Gasteiger partial charge is 0.323 e. The second-order valence-corrected chi connectivity index (χ2v) is 4.46. The molecular formula is C15H15N3O5. The first kappa shape index (κ1) is 16.1. The van der Waals surface area contributed by atoms with Gasteiger partial charge in [0.15, 0.2) is 11.5 Å². The lowest BCUT2D eigenvalue weighted by Crippen LogP contribution is -2.19. The minimum Gasteiger partial charge on any atom is -0.493 e. The van der Waals surface area contributed by atoms with E-state index in [-0.39, 0.29) is 5.69 Å². The van der Waals surface area contributed by atoms with Crippen molar-refractivity contribution >= 4 is 23.1 Å². The molecule has 2 rings (SSSR count). The molecule has 0 saturated heterocycles. The summed E-state index contributed by atoms with van der Waals surface area (Å²) >= 11 is 0. The molecule has 0 aromatic heterocycles. The van der Waals surface area contributed by atoms with E-state index < -0.39 is 11.0 Å². The fourth-order valence-electron chi connectivity index (χ4n) is 1.90. The minimum absolute atomic E-state index is 0.103. The first-order valence-corrected chi connectivity index (χ1v) is 6.58. The van der Waals surface area contributed by atoms with Gasteiger partial charge in [-0.1, -0.05) is 6.07 Å². The maximum atomic E-state index is 12.0. The van der Waals surface area contributed by atoms with Gasteiger partial charge in [-0.25, -0.2) is 4.79 Å². The Hall–Kier alpha value is -3.29. The number of non-ortho nitro benzene ring substituents is 1. The van der Waals surface area contributed by atoms with Crippen molar-refractivity contribution in [3.8, 4) is 11.5 Å². The van der Waals surface area contributed by atoms with Gasteiger partial charge >= 0.3 is 6.03 Å². The highest BCUT2D eigenvalue weighted by Gasteiger charge is 2.10. The van der Waals surface area contributed by atoms with Crippen LogP contribution in [0.4, 0.5) is 21.9 Å². The molecule has 2 N–H and O–H groups in total. The van der Waals surface area contributed by atoms with Gasteiger partial charge in [-0.05, 0) is 18.2 Å². The quantitative estimate of drug-likeness (QED) is 0.651. The number of nitro groups is 1. The van der Waals surface area contributed by atoms with E-state index in [4.69, 9.17) is 9.47 Å². The van der Waals surface area contributed by atoms with Crippen LogP contribution < -0.4 is 20.1 Å². The van der Waals surface area contributed by atoms with Gasteiger partial charge in [-0.15, -0.1) is 0 Å². The third-order valence-corrected chi connectivity index (χ3v) is 2.96. The molecule has 0 heterocycles. The number of benzene rings is 2.